The molecule has 2 unspecified atom stereocenters. The second kappa shape index (κ2) is 4.44. The number of piperidine rings is 1. The number of aliphatic carboxylic acids is 1. The minimum Gasteiger partial charge on any atom is -0.480 e. The molecule has 92 valence electrons. The van der Waals surface area contributed by atoms with Crippen LogP contribution in [0.3, 0.4) is 0 Å². The van der Waals surface area contributed by atoms with Gasteiger partial charge in [0.25, 0.3) is 0 Å². The van der Waals surface area contributed by atoms with Gasteiger partial charge in [-0.25, -0.2) is 4.79 Å². The van der Waals surface area contributed by atoms with Gasteiger partial charge < -0.3 is 10.0 Å². The van der Waals surface area contributed by atoms with Crippen molar-refractivity contribution in [3.8, 4) is 0 Å². The van der Waals surface area contributed by atoms with Crippen LogP contribution in [-0.2, 0) is 9.59 Å². The molecular formula is C12H21NO3. The Hall–Kier alpha value is -1.06. The van der Waals surface area contributed by atoms with Gasteiger partial charge in [-0.15, -0.1) is 0 Å². The molecule has 0 aromatic heterocycles. The fourth-order valence-electron chi connectivity index (χ4n) is 2.28. The Balaban J connectivity index is 2.81. The summed E-state index contributed by atoms with van der Waals surface area (Å²) in [6.07, 6.45) is 1.45. The second-order valence-electron chi connectivity index (χ2n) is 5.67. The molecule has 1 fully saturated rings. The standard InChI is InChI=1S/C12H21NO3/c1-8(14)13-7-9(12(2,3)4)5-6-10(13)11(15)16/h9-10H,5-7H2,1-4H3,(H,15,16). The van der Waals surface area contributed by atoms with Gasteiger partial charge in [0, 0.05) is 13.5 Å². The average Bonchev–Trinajstić information content (AvgIpc) is 2.15. The summed E-state index contributed by atoms with van der Waals surface area (Å²) in [5.41, 5.74) is 0.122. The zero-order valence-electron chi connectivity index (χ0n) is 10.5. The normalized spacial score (nSPS) is 26.6. The third-order valence-electron chi connectivity index (χ3n) is 3.50. The first-order valence-electron chi connectivity index (χ1n) is 5.73. The van der Waals surface area contributed by atoms with Gasteiger partial charge in [0.05, 0.1) is 0 Å². The lowest BCUT2D eigenvalue weighted by molar-refractivity contribution is -0.153. The highest BCUT2D eigenvalue weighted by Crippen LogP contribution is 2.35. The highest BCUT2D eigenvalue weighted by Gasteiger charge is 2.38. The SMILES string of the molecule is CC(=O)N1CC(C(C)(C)C)CCC1C(=O)O. The number of carbonyl (C=O) groups is 2. The minimum absolute atomic E-state index is 0.122. The molecule has 4 heteroatoms. The molecule has 1 N–H and O–H groups in total. The molecule has 0 spiro atoms. The Kier molecular flexibility index (Phi) is 3.61. The molecular weight excluding hydrogens is 206 g/mol. The minimum atomic E-state index is -0.887. The monoisotopic (exact) mass is 227 g/mol. The smallest absolute Gasteiger partial charge is 0.326 e. The number of carboxylic acids is 1. The van der Waals surface area contributed by atoms with E-state index in [1.807, 2.05) is 0 Å². The molecule has 0 aromatic rings. The lowest BCUT2D eigenvalue weighted by Crippen LogP contribution is -2.52. The maximum atomic E-state index is 11.4. The molecule has 1 saturated heterocycles. The lowest BCUT2D eigenvalue weighted by atomic mass is 9.75. The molecule has 1 heterocycles. The van der Waals surface area contributed by atoms with Crippen LogP contribution in [0.15, 0.2) is 0 Å². The lowest BCUT2D eigenvalue weighted by Gasteiger charge is -2.42. The summed E-state index contributed by atoms with van der Waals surface area (Å²) in [6, 6.07) is -0.629. The van der Waals surface area contributed by atoms with Crippen LogP contribution < -0.4 is 0 Å². The molecule has 0 aliphatic carbocycles. The fraction of sp³-hybridized carbons (Fsp3) is 0.833. The van der Waals surface area contributed by atoms with E-state index in [-0.39, 0.29) is 11.3 Å². The van der Waals surface area contributed by atoms with Crippen LogP contribution >= 0.6 is 0 Å². The van der Waals surface area contributed by atoms with E-state index in [1.54, 1.807) is 0 Å². The van der Waals surface area contributed by atoms with Crippen LogP contribution in [0.5, 0.6) is 0 Å². The average molecular weight is 227 g/mol. The molecule has 0 radical (unpaired) electrons. The summed E-state index contributed by atoms with van der Waals surface area (Å²) in [7, 11) is 0. The van der Waals surface area contributed by atoms with E-state index < -0.39 is 12.0 Å². The van der Waals surface area contributed by atoms with Crippen LogP contribution in [0.2, 0.25) is 0 Å². The van der Waals surface area contributed by atoms with Crippen molar-refractivity contribution in [3.63, 3.8) is 0 Å². The summed E-state index contributed by atoms with van der Waals surface area (Å²) in [5.74, 6) is -0.643. The first-order chi connectivity index (χ1) is 7.23. The molecule has 4 nitrogen and oxygen atoms in total. The number of carbonyl (C=O) groups excluding carboxylic acids is 1. The molecule has 16 heavy (non-hydrogen) atoms. The quantitative estimate of drug-likeness (QED) is 0.742. The Morgan fingerprint density at radius 2 is 1.81 bits per heavy atom. The first-order valence-corrected chi connectivity index (χ1v) is 5.73. The highest BCUT2D eigenvalue weighted by atomic mass is 16.4. The summed E-state index contributed by atoms with van der Waals surface area (Å²) in [5, 5.41) is 9.05. The number of hydrogen-bond donors (Lipinski definition) is 1. The van der Waals surface area contributed by atoms with Crippen molar-refractivity contribution in [1.82, 2.24) is 4.90 Å². The first kappa shape index (κ1) is 13.0. The molecule has 0 bridgehead atoms. The third-order valence-corrected chi connectivity index (χ3v) is 3.50. The largest absolute Gasteiger partial charge is 0.480 e. The van der Waals surface area contributed by atoms with Gasteiger partial charge >= 0.3 is 5.97 Å². The van der Waals surface area contributed by atoms with Crippen LogP contribution in [0.25, 0.3) is 0 Å². The van der Waals surface area contributed by atoms with Crippen molar-refractivity contribution in [2.75, 3.05) is 6.54 Å². The zero-order valence-corrected chi connectivity index (χ0v) is 10.5. The van der Waals surface area contributed by atoms with E-state index in [9.17, 15) is 9.59 Å². The van der Waals surface area contributed by atoms with E-state index in [4.69, 9.17) is 5.11 Å². The van der Waals surface area contributed by atoms with E-state index in [0.717, 1.165) is 6.42 Å². The predicted molar refractivity (Wildman–Crippen MR) is 61.0 cm³/mol. The number of amides is 1. The van der Waals surface area contributed by atoms with Crippen molar-refractivity contribution in [1.29, 1.82) is 0 Å². The fourth-order valence-corrected chi connectivity index (χ4v) is 2.28. The number of carboxylic acid groups (broad SMARTS) is 1. The number of hydrogen-bond acceptors (Lipinski definition) is 2. The Morgan fingerprint density at radius 1 is 1.25 bits per heavy atom. The van der Waals surface area contributed by atoms with E-state index >= 15 is 0 Å². The third kappa shape index (κ3) is 2.74. The maximum Gasteiger partial charge on any atom is 0.326 e. The number of likely N-dealkylation sites (tertiary alicyclic amines) is 1. The molecule has 2 atom stereocenters. The van der Waals surface area contributed by atoms with Crippen LogP contribution in [0, 0.1) is 11.3 Å². The number of rotatable bonds is 1. The van der Waals surface area contributed by atoms with E-state index in [0.29, 0.717) is 18.9 Å². The van der Waals surface area contributed by atoms with Gasteiger partial charge in [0.2, 0.25) is 5.91 Å². The maximum absolute atomic E-state index is 11.4. The van der Waals surface area contributed by atoms with Crippen molar-refractivity contribution < 1.29 is 14.7 Å². The topological polar surface area (TPSA) is 57.6 Å². The molecule has 0 saturated carbocycles. The van der Waals surface area contributed by atoms with Gasteiger partial charge in [-0.3, -0.25) is 4.79 Å². The van der Waals surface area contributed by atoms with Crippen LogP contribution in [0.4, 0.5) is 0 Å². The van der Waals surface area contributed by atoms with Crippen LogP contribution in [0.1, 0.15) is 40.5 Å². The molecule has 1 rings (SSSR count). The second-order valence-corrected chi connectivity index (χ2v) is 5.67. The van der Waals surface area contributed by atoms with Crippen molar-refractivity contribution in [2.45, 2.75) is 46.6 Å². The van der Waals surface area contributed by atoms with Crippen molar-refractivity contribution >= 4 is 11.9 Å². The molecule has 1 aliphatic rings. The predicted octanol–water partition coefficient (Wildman–Crippen LogP) is 1.74. The Bertz CT molecular complexity index is 293. The molecule has 0 aromatic carbocycles. The highest BCUT2D eigenvalue weighted by molar-refractivity contribution is 5.82. The Labute approximate surface area is 96.6 Å². The van der Waals surface area contributed by atoms with Crippen LogP contribution in [-0.4, -0.2) is 34.5 Å². The van der Waals surface area contributed by atoms with E-state index in [2.05, 4.69) is 20.8 Å². The summed E-state index contributed by atoms with van der Waals surface area (Å²) in [6.45, 7) is 8.42. The van der Waals surface area contributed by atoms with Gasteiger partial charge in [0.1, 0.15) is 6.04 Å². The molecule has 1 amide bonds. The van der Waals surface area contributed by atoms with Gasteiger partial charge in [0.15, 0.2) is 0 Å². The zero-order chi connectivity index (χ0) is 12.5. The summed E-state index contributed by atoms with van der Waals surface area (Å²) < 4.78 is 0. The van der Waals surface area contributed by atoms with E-state index in [1.165, 1.54) is 11.8 Å². The Morgan fingerprint density at radius 3 is 2.19 bits per heavy atom. The molecule has 1 aliphatic heterocycles. The summed E-state index contributed by atoms with van der Waals surface area (Å²) in [4.78, 5) is 24.0. The summed E-state index contributed by atoms with van der Waals surface area (Å²) >= 11 is 0. The van der Waals surface area contributed by atoms with Gasteiger partial charge in [-0.05, 0) is 24.2 Å². The van der Waals surface area contributed by atoms with Gasteiger partial charge in [-0.1, -0.05) is 20.8 Å². The van der Waals surface area contributed by atoms with Gasteiger partial charge in [-0.2, -0.15) is 0 Å². The van der Waals surface area contributed by atoms with Crippen molar-refractivity contribution in [2.24, 2.45) is 11.3 Å². The van der Waals surface area contributed by atoms with Crippen molar-refractivity contribution in [3.05, 3.63) is 0 Å². The number of nitrogens with zero attached hydrogens (tertiary/aromatic N) is 1.